The lowest BCUT2D eigenvalue weighted by Crippen LogP contribution is -2.54. The molecule has 0 bridgehead atoms. The largest absolute Gasteiger partial charge is 0.378 e. The molecule has 6 N–H and O–H groups in total. The standard InChI is InChI=1S/C29H39ClN6O6S.C2H6/c30-23-7-6-21(16-31)22(14-23)17-33-28(38)26-15-24(32)18-36(26)29(39)25(8-9-27(37)35-10-12-42-13-11-35)34-43(40,41)19-20-4-2-1-3-5-20;1-2/h1-7,14,24-26,34H,8-13,15-19,31-32H2,(H,33,38);1-2H3/t24-,25?,26+;/m1./s1. The van der Waals surface area contributed by atoms with Gasteiger partial charge >= 0.3 is 0 Å². The number of carbonyl (C=O) groups is 3. The molecule has 2 saturated heterocycles. The zero-order valence-electron chi connectivity index (χ0n) is 25.9. The number of carbonyl (C=O) groups excluding carboxylic acids is 3. The molecule has 4 rings (SSSR count). The van der Waals surface area contributed by atoms with E-state index in [1.54, 1.807) is 53.4 Å². The number of halogens is 1. The third-order valence-corrected chi connectivity index (χ3v) is 9.18. The van der Waals surface area contributed by atoms with Crippen LogP contribution in [0.25, 0.3) is 0 Å². The Morgan fingerprint density at radius 2 is 1.76 bits per heavy atom. The Morgan fingerprint density at radius 1 is 1.07 bits per heavy atom. The molecular formula is C31H45ClN6O6S. The molecule has 0 aliphatic carbocycles. The third kappa shape index (κ3) is 10.8. The van der Waals surface area contributed by atoms with Crippen LogP contribution in [0.15, 0.2) is 48.5 Å². The molecule has 12 nitrogen and oxygen atoms in total. The number of ether oxygens (including phenoxy) is 1. The maximum absolute atomic E-state index is 13.9. The minimum atomic E-state index is -3.99. The summed E-state index contributed by atoms with van der Waals surface area (Å²) < 4.78 is 34.2. The number of rotatable bonds is 12. The minimum absolute atomic E-state index is 0.0579. The fourth-order valence-corrected chi connectivity index (χ4v) is 6.90. The topological polar surface area (TPSA) is 177 Å². The van der Waals surface area contributed by atoms with Gasteiger partial charge in [0.15, 0.2) is 0 Å². The first kappa shape index (κ1) is 36.4. The van der Waals surface area contributed by atoms with E-state index < -0.39 is 40.0 Å². The van der Waals surface area contributed by atoms with Crippen molar-refractivity contribution in [3.8, 4) is 0 Å². The third-order valence-electron chi connectivity index (χ3n) is 7.59. The van der Waals surface area contributed by atoms with Crippen molar-refractivity contribution in [2.75, 3.05) is 32.8 Å². The smallest absolute Gasteiger partial charge is 0.243 e. The van der Waals surface area contributed by atoms with Gasteiger partial charge in [0.1, 0.15) is 12.1 Å². The van der Waals surface area contributed by atoms with Crippen molar-refractivity contribution in [1.29, 1.82) is 0 Å². The summed E-state index contributed by atoms with van der Waals surface area (Å²) in [6.45, 7) is 6.16. The summed E-state index contributed by atoms with van der Waals surface area (Å²) in [5.74, 6) is -1.58. The Balaban J connectivity index is 0.00000271. The number of likely N-dealkylation sites (tertiary alicyclic amines) is 1. The molecule has 1 unspecified atom stereocenters. The number of nitrogens with one attached hydrogen (secondary N) is 2. The first-order valence-electron chi connectivity index (χ1n) is 15.3. The first-order chi connectivity index (χ1) is 21.6. The van der Waals surface area contributed by atoms with E-state index in [1.807, 2.05) is 13.8 Å². The normalized spacial score (nSPS) is 19.0. The lowest BCUT2D eigenvalue weighted by molar-refractivity contribution is -0.140. The first-order valence-corrected chi connectivity index (χ1v) is 17.3. The monoisotopic (exact) mass is 664 g/mol. The molecule has 0 aromatic heterocycles. The van der Waals surface area contributed by atoms with Crippen LogP contribution in [0.1, 0.15) is 49.8 Å². The van der Waals surface area contributed by atoms with E-state index in [0.717, 1.165) is 11.1 Å². The fraction of sp³-hybridized carbons (Fsp3) is 0.516. The van der Waals surface area contributed by atoms with Gasteiger partial charge in [-0.2, -0.15) is 0 Å². The van der Waals surface area contributed by atoms with Crippen LogP contribution >= 0.6 is 11.6 Å². The second-order valence-corrected chi connectivity index (χ2v) is 13.0. The van der Waals surface area contributed by atoms with Gasteiger partial charge in [-0.25, -0.2) is 13.1 Å². The van der Waals surface area contributed by atoms with Gasteiger partial charge in [-0.05, 0) is 41.7 Å². The average Bonchev–Trinajstić information content (AvgIpc) is 3.44. The number of nitrogens with zero attached hydrogens (tertiary/aromatic N) is 2. The number of hydrogen-bond acceptors (Lipinski definition) is 8. The van der Waals surface area contributed by atoms with Gasteiger partial charge in [0.2, 0.25) is 27.7 Å². The van der Waals surface area contributed by atoms with E-state index in [9.17, 15) is 22.8 Å². The van der Waals surface area contributed by atoms with E-state index in [0.29, 0.717) is 36.9 Å². The highest BCUT2D eigenvalue weighted by Crippen LogP contribution is 2.22. The number of morpholine rings is 1. The van der Waals surface area contributed by atoms with Crippen LogP contribution in [-0.2, 0) is 48.0 Å². The van der Waals surface area contributed by atoms with Crippen molar-refractivity contribution in [2.24, 2.45) is 11.5 Å². The van der Waals surface area contributed by atoms with Crippen LogP contribution < -0.4 is 21.5 Å². The SMILES string of the molecule is CC.NCc1ccc(Cl)cc1CNC(=O)[C@@H]1C[C@@H](N)CN1C(=O)C(CCC(=O)N1CCOCC1)NS(=O)(=O)Cc1ccccc1. The molecule has 0 radical (unpaired) electrons. The summed E-state index contributed by atoms with van der Waals surface area (Å²) >= 11 is 6.13. The molecule has 0 spiro atoms. The van der Waals surface area contributed by atoms with Gasteiger partial charge in [-0.3, -0.25) is 14.4 Å². The summed E-state index contributed by atoms with van der Waals surface area (Å²) in [4.78, 5) is 43.1. The Kier molecular flexibility index (Phi) is 14.2. The van der Waals surface area contributed by atoms with Crippen LogP contribution in [0.5, 0.6) is 0 Å². The number of benzene rings is 2. The van der Waals surface area contributed by atoms with Crippen LogP contribution in [-0.4, -0.2) is 86.9 Å². The van der Waals surface area contributed by atoms with Crippen LogP contribution in [0.3, 0.4) is 0 Å². The van der Waals surface area contributed by atoms with Crippen molar-refractivity contribution < 1.29 is 27.5 Å². The van der Waals surface area contributed by atoms with Crippen molar-refractivity contribution in [2.45, 2.75) is 70.1 Å². The van der Waals surface area contributed by atoms with Gasteiger partial charge in [0, 0.05) is 50.2 Å². The predicted molar refractivity (Wildman–Crippen MR) is 173 cm³/mol. The molecule has 0 saturated carbocycles. The van der Waals surface area contributed by atoms with Gasteiger partial charge in [-0.15, -0.1) is 0 Å². The van der Waals surface area contributed by atoms with Gasteiger partial charge in [-0.1, -0.05) is 61.8 Å². The van der Waals surface area contributed by atoms with E-state index in [4.69, 9.17) is 27.8 Å². The zero-order chi connectivity index (χ0) is 33.0. The molecule has 248 valence electrons. The quantitative estimate of drug-likeness (QED) is 0.264. The molecule has 2 aromatic rings. The molecule has 2 aliphatic heterocycles. The van der Waals surface area contributed by atoms with E-state index in [1.165, 1.54) is 4.90 Å². The number of hydrogen-bond donors (Lipinski definition) is 4. The Bertz CT molecular complexity index is 1390. The maximum Gasteiger partial charge on any atom is 0.243 e. The summed E-state index contributed by atoms with van der Waals surface area (Å²) in [5.41, 5.74) is 14.1. The van der Waals surface area contributed by atoms with Crippen molar-refractivity contribution >= 4 is 39.3 Å². The molecule has 3 amide bonds. The second-order valence-electron chi connectivity index (χ2n) is 10.8. The summed E-state index contributed by atoms with van der Waals surface area (Å²) in [5, 5.41) is 3.35. The van der Waals surface area contributed by atoms with Gasteiger partial charge in [0.25, 0.3) is 0 Å². The van der Waals surface area contributed by atoms with Crippen LogP contribution in [0.2, 0.25) is 5.02 Å². The van der Waals surface area contributed by atoms with Crippen molar-refractivity contribution in [3.05, 3.63) is 70.2 Å². The zero-order valence-corrected chi connectivity index (χ0v) is 27.5. The van der Waals surface area contributed by atoms with Crippen LogP contribution in [0, 0.1) is 0 Å². The van der Waals surface area contributed by atoms with Crippen LogP contribution in [0.4, 0.5) is 0 Å². The summed E-state index contributed by atoms with van der Waals surface area (Å²) in [7, 11) is -3.99. The highest BCUT2D eigenvalue weighted by atomic mass is 35.5. The number of amides is 3. The van der Waals surface area contributed by atoms with Crippen molar-refractivity contribution in [1.82, 2.24) is 19.8 Å². The number of nitrogens with two attached hydrogens (primary N) is 2. The van der Waals surface area contributed by atoms with E-state index in [-0.39, 0.29) is 50.6 Å². The molecule has 2 heterocycles. The maximum atomic E-state index is 13.9. The Morgan fingerprint density at radius 3 is 2.42 bits per heavy atom. The summed E-state index contributed by atoms with van der Waals surface area (Å²) in [6.07, 6.45) is 0.0657. The molecule has 2 aliphatic rings. The molecule has 45 heavy (non-hydrogen) atoms. The van der Waals surface area contributed by atoms with Gasteiger partial charge in [0.05, 0.1) is 19.0 Å². The molecule has 14 heteroatoms. The van der Waals surface area contributed by atoms with Crippen molar-refractivity contribution in [3.63, 3.8) is 0 Å². The highest BCUT2D eigenvalue weighted by molar-refractivity contribution is 7.88. The minimum Gasteiger partial charge on any atom is -0.378 e. The average molecular weight is 665 g/mol. The van der Waals surface area contributed by atoms with Gasteiger partial charge < -0.3 is 31.3 Å². The summed E-state index contributed by atoms with van der Waals surface area (Å²) in [6, 6.07) is 11.1. The Hall–Kier alpha value is -3.07. The molecule has 2 fully saturated rings. The predicted octanol–water partition coefficient (Wildman–Crippen LogP) is 1.50. The van der Waals surface area contributed by atoms with E-state index >= 15 is 0 Å². The molecule has 3 atom stereocenters. The van der Waals surface area contributed by atoms with E-state index in [2.05, 4.69) is 10.0 Å². The lowest BCUT2D eigenvalue weighted by atomic mass is 10.1. The molecule has 2 aromatic carbocycles. The fourth-order valence-electron chi connectivity index (χ4n) is 5.34. The highest BCUT2D eigenvalue weighted by Gasteiger charge is 2.41. The number of sulfonamides is 1. The second kappa shape index (κ2) is 17.6. The Labute approximate surface area is 270 Å². The lowest BCUT2D eigenvalue weighted by Gasteiger charge is -2.30. The molecular weight excluding hydrogens is 620 g/mol.